The van der Waals surface area contributed by atoms with Gasteiger partial charge in [-0.15, -0.1) is 0 Å². The SMILES string of the molecule is Nc1cc(F)c2c(c1)COC2=O. The molecule has 0 fully saturated rings. The minimum Gasteiger partial charge on any atom is -0.457 e. The standard InChI is InChI=1S/C8H6FNO2/c9-6-2-5(10)1-4-3-12-8(11)7(4)6/h1-2H,3,10H2. The van der Waals surface area contributed by atoms with E-state index in [1.54, 1.807) is 6.07 Å². The van der Waals surface area contributed by atoms with Gasteiger partial charge in [0.2, 0.25) is 0 Å². The van der Waals surface area contributed by atoms with Crippen molar-refractivity contribution in [1.82, 2.24) is 0 Å². The molecule has 3 nitrogen and oxygen atoms in total. The van der Waals surface area contributed by atoms with Crippen LogP contribution < -0.4 is 5.73 Å². The van der Waals surface area contributed by atoms with E-state index in [2.05, 4.69) is 4.74 Å². The van der Waals surface area contributed by atoms with Gasteiger partial charge in [0.15, 0.2) is 0 Å². The summed E-state index contributed by atoms with van der Waals surface area (Å²) in [6.07, 6.45) is 0. The summed E-state index contributed by atoms with van der Waals surface area (Å²) in [5, 5.41) is 0. The lowest BCUT2D eigenvalue weighted by atomic mass is 10.1. The molecule has 4 heteroatoms. The Morgan fingerprint density at radius 3 is 3.00 bits per heavy atom. The quantitative estimate of drug-likeness (QED) is 0.464. The third-order valence-corrected chi connectivity index (χ3v) is 1.76. The number of fused-ring (bicyclic) bond motifs is 1. The Morgan fingerprint density at radius 2 is 2.25 bits per heavy atom. The van der Waals surface area contributed by atoms with Gasteiger partial charge in [-0.1, -0.05) is 0 Å². The van der Waals surface area contributed by atoms with Crippen LogP contribution in [-0.2, 0) is 11.3 Å². The number of rotatable bonds is 0. The predicted octanol–water partition coefficient (Wildman–Crippen LogP) is 1.08. The molecule has 1 aliphatic heterocycles. The Bertz CT molecular complexity index is 362. The first-order valence-corrected chi connectivity index (χ1v) is 3.43. The van der Waals surface area contributed by atoms with E-state index in [9.17, 15) is 9.18 Å². The van der Waals surface area contributed by atoms with Crippen LogP contribution in [0.3, 0.4) is 0 Å². The van der Waals surface area contributed by atoms with Gasteiger partial charge in [-0.3, -0.25) is 0 Å². The molecule has 1 aromatic carbocycles. The number of hydrogen-bond donors (Lipinski definition) is 1. The van der Waals surface area contributed by atoms with Crippen LogP contribution in [0.2, 0.25) is 0 Å². The van der Waals surface area contributed by atoms with Crippen LogP contribution in [0.5, 0.6) is 0 Å². The van der Waals surface area contributed by atoms with E-state index < -0.39 is 11.8 Å². The average Bonchev–Trinajstić information content (AvgIpc) is 2.31. The number of ether oxygens (including phenoxy) is 1. The Labute approximate surface area is 67.9 Å². The zero-order chi connectivity index (χ0) is 8.72. The summed E-state index contributed by atoms with van der Waals surface area (Å²) in [4.78, 5) is 10.9. The highest BCUT2D eigenvalue weighted by Gasteiger charge is 2.25. The summed E-state index contributed by atoms with van der Waals surface area (Å²) in [5.74, 6) is -1.21. The first-order valence-electron chi connectivity index (χ1n) is 3.43. The monoisotopic (exact) mass is 167 g/mol. The number of halogens is 1. The van der Waals surface area contributed by atoms with Crippen molar-refractivity contribution in [2.45, 2.75) is 6.61 Å². The van der Waals surface area contributed by atoms with E-state index in [1.807, 2.05) is 0 Å². The first-order chi connectivity index (χ1) is 5.68. The molecule has 0 spiro atoms. The van der Waals surface area contributed by atoms with Crippen LogP contribution in [0.15, 0.2) is 12.1 Å². The molecule has 0 saturated carbocycles. The van der Waals surface area contributed by atoms with Crippen LogP contribution in [0, 0.1) is 5.82 Å². The zero-order valence-corrected chi connectivity index (χ0v) is 6.13. The summed E-state index contributed by atoms with van der Waals surface area (Å²) in [6, 6.07) is 2.66. The van der Waals surface area contributed by atoms with Crippen molar-refractivity contribution in [3.05, 3.63) is 29.1 Å². The number of benzene rings is 1. The molecule has 2 rings (SSSR count). The van der Waals surface area contributed by atoms with Gasteiger partial charge in [0.25, 0.3) is 0 Å². The van der Waals surface area contributed by atoms with Gasteiger partial charge in [-0.25, -0.2) is 9.18 Å². The highest BCUT2D eigenvalue weighted by atomic mass is 19.1. The third-order valence-electron chi connectivity index (χ3n) is 1.76. The van der Waals surface area contributed by atoms with E-state index in [-0.39, 0.29) is 12.2 Å². The number of esters is 1. The molecule has 1 heterocycles. The average molecular weight is 167 g/mol. The van der Waals surface area contributed by atoms with Crippen LogP contribution in [-0.4, -0.2) is 5.97 Å². The molecule has 1 aliphatic rings. The fraction of sp³-hybridized carbons (Fsp3) is 0.125. The molecule has 0 unspecified atom stereocenters. The van der Waals surface area contributed by atoms with E-state index in [4.69, 9.17) is 5.73 Å². The van der Waals surface area contributed by atoms with E-state index >= 15 is 0 Å². The fourth-order valence-electron chi connectivity index (χ4n) is 1.24. The molecular formula is C8H6FNO2. The topological polar surface area (TPSA) is 52.3 Å². The summed E-state index contributed by atoms with van der Waals surface area (Å²) in [6.45, 7) is 0.121. The molecule has 1 aromatic rings. The Morgan fingerprint density at radius 1 is 1.50 bits per heavy atom. The van der Waals surface area contributed by atoms with Gasteiger partial charge in [0.05, 0.1) is 0 Å². The van der Waals surface area contributed by atoms with E-state index in [1.165, 1.54) is 0 Å². The lowest BCUT2D eigenvalue weighted by Crippen LogP contribution is -1.99. The minimum absolute atomic E-state index is 0.0178. The molecule has 0 amide bonds. The molecule has 0 aromatic heterocycles. The Hall–Kier alpha value is -1.58. The van der Waals surface area contributed by atoms with Crippen LogP contribution in [0.4, 0.5) is 10.1 Å². The normalized spacial score (nSPS) is 14.2. The molecule has 2 N–H and O–H groups in total. The van der Waals surface area contributed by atoms with Crippen molar-refractivity contribution in [2.24, 2.45) is 0 Å². The minimum atomic E-state index is -0.609. The van der Waals surface area contributed by atoms with Crippen LogP contribution >= 0.6 is 0 Å². The number of hydrogen-bond acceptors (Lipinski definition) is 3. The molecule has 0 radical (unpaired) electrons. The fourth-order valence-corrected chi connectivity index (χ4v) is 1.24. The lowest BCUT2D eigenvalue weighted by molar-refractivity contribution is 0.0532. The summed E-state index contributed by atoms with van der Waals surface area (Å²) < 4.78 is 17.6. The van der Waals surface area contributed by atoms with Gasteiger partial charge < -0.3 is 10.5 Å². The van der Waals surface area contributed by atoms with E-state index in [0.29, 0.717) is 11.3 Å². The Balaban J connectivity index is 2.68. The second kappa shape index (κ2) is 2.20. The smallest absolute Gasteiger partial charge is 0.341 e. The lowest BCUT2D eigenvalue weighted by Gasteiger charge is -1.97. The second-order valence-electron chi connectivity index (χ2n) is 2.61. The molecule has 0 aliphatic carbocycles. The molecular weight excluding hydrogens is 161 g/mol. The van der Waals surface area contributed by atoms with Crippen molar-refractivity contribution in [2.75, 3.05) is 5.73 Å². The summed E-state index contributed by atoms with van der Waals surface area (Å²) >= 11 is 0. The van der Waals surface area contributed by atoms with Crippen molar-refractivity contribution < 1.29 is 13.9 Å². The largest absolute Gasteiger partial charge is 0.457 e. The van der Waals surface area contributed by atoms with Crippen LogP contribution in [0.1, 0.15) is 15.9 Å². The van der Waals surface area contributed by atoms with Gasteiger partial charge >= 0.3 is 5.97 Å². The highest BCUT2D eigenvalue weighted by molar-refractivity contribution is 5.94. The summed E-state index contributed by atoms with van der Waals surface area (Å²) in [5.41, 5.74) is 6.22. The van der Waals surface area contributed by atoms with Gasteiger partial charge in [0, 0.05) is 11.3 Å². The van der Waals surface area contributed by atoms with Gasteiger partial charge in [0.1, 0.15) is 18.0 Å². The molecule has 0 bridgehead atoms. The first kappa shape index (κ1) is 7.09. The number of nitrogen functional groups attached to an aromatic ring is 1. The van der Waals surface area contributed by atoms with Crippen LogP contribution in [0.25, 0.3) is 0 Å². The maximum Gasteiger partial charge on any atom is 0.341 e. The highest BCUT2D eigenvalue weighted by Crippen LogP contribution is 2.24. The molecule has 0 atom stereocenters. The predicted molar refractivity (Wildman–Crippen MR) is 39.9 cm³/mol. The Kier molecular flexibility index (Phi) is 1.30. The number of carbonyl (C=O) groups is 1. The van der Waals surface area contributed by atoms with Gasteiger partial charge in [-0.05, 0) is 12.1 Å². The third kappa shape index (κ3) is 0.845. The van der Waals surface area contributed by atoms with Crippen molar-refractivity contribution in [1.29, 1.82) is 0 Å². The number of nitrogens with two attached hydrogens (primary N) is 1. The molecule has 62 valence electrons. The van der Waals surface area contributed by atoms with Crippen molar-refractivity contribution >= 4 is 11.7 Å². The van der Waals surface area contributed by atoms with Gasteiger partial charge in [-0.2, -0.15) is 0 Å². The zero-order valence-electron chi connectivity index (χ0n) is 6.13. The number of anilines is 1. The maximum atomic E-state index is 13.0. The molecule has 0 saturated heterocycles. The summed E-state index contributed by atoms with van der Waals surface area (Å²) in [7, 11) is 0. The molecule has 12 heavy (non-hydrogen) atoms. The number of cyclic esters (lactones) is 1. The van der Waals surface area contributed by atoms with Crippen molar-refractivity contribution in [3.8, 4) is 0 Å². The second-order valence-corrected chi connectivity index (χ2v) is 2.61. The van der Waals surface area contributed by atoms with E-state index in [0.717, 1.165) is 6.07 Å². The number of carbonyl (C=O) groups excluding carboxylic acids is 1. The van der Waals surface area contributed by atoms with Crippen molar-refractivity contribution in [3.63, 3.8) is 0 Å². The maximum absolute atomic E-state index is 13.0.